The van der Waals surface area contributed by atoms with E-state index in [9.17, 15) is 14.4 Å². The fourth-order valence-corrected chi connectivity index (χ4v) is 9.27. The van der Waals surface area contributed by atoms with E-state index in [-0.39, 0.29) is 31.1 Å². The lowest BCUT2D eigenvalue weighted by atomic mass is 10.0. The van der Waals surface area contributed by atoms with Crippen molar-refractivity contribution in [3.63, 3.8) is 0 Å². The van der Waals surface area contributed by atoms with Crippen molar-refractivity contribution in [2.45, 2.75) is 329 Å². The van der Waals surface area contributed by atoms with Gasteiger partial charge < -0.3 is 14.2 Å². The van der Waals surface area contributed by atoms with E-state index in [0.717, 1.165) is 103 Å². The molecule has 0 fully saturated rings. The van der Waals surface area contributed by atoms with Crippen molar-refractivity contribution in [3.05, 3.63) is 85.1 Å². The molecule has 1 unspecified atom stereocenters. The number of carbonyl (C=O) groups is 3. The van der Waals surface area contributed by atoms with Gasteiger partial charge in [-0.25, -0.2) is 0 Å². The molecule has 0 N–H and O–H groups in total. The Bertz CT molecular complexity index is 1450. The Morgan fingerprint density at radius 3 is 0.842 bits per heavy atom. The lowest BCUT2D eigenvalue weighted by Gasteiger charge is -2.18. The number of hydrogen-bond donors (Lipinski definition) is 0. The summed E-state index contributed by atoms with van der Waals surface area (Å²) >= 11 is 0. The second-order valence-electron chi connectivity index (χ2n) is 21.6. The van der Waals surface area contributed by atoms with Crippen molar-refractivity contribution in [3.8, 4) is 0 Å². The standard InChI is InChI=1S/C70H122O6/c1-4-7-10-13-16-19-22-25-27-28-29-30-31-32-33-34-35-36-37-38-39-40-41-42-44-45-48-51-54-57-60-63-69(72)75-66-67(65-74-68(71)62-59-56-53-50-47-24-21-18-15-12-9-6-3)76-70(73)64-61-58-55-52-49-46-43-26-23-20-17-14-11-8-5-2/h7,10,16,18-19,21,25,27,29-30,32-33,35-36,67H,4-6,8-9,11-15,17,20,22-24,26,28,31,34,37-66H2,1-3H3/b10-7-,19-16-,21-18-,27-25-,30-29-,33-32-,36-35-. The van der Waals surface area contributed by atoms with E-state index in [1.165, 1.54) is 180 Å². The molecule has 6 heteroatoms. The van der Waals surface area contributed by atoms with Crippen LogP contribution in [0.5, 0.6) is 0 Å². The van der Waals surface area contributed by atoms with E-state index >= 15 is 0 Å². The predicted molar refractivity (Wildman–Crippen MR) is 330 cm³/mol. The zero-order chi connectivity index (χ0) is 55.0. The molecule has 1 atom stereocenters. The van der Waals surface area contributed by atoms with Gasteiger partial charge in [0.1, 0.15) is 13.2 Å². The smallest absolute Gasteiger partial charge is 0.306 e. The monoisotopic (exact) mass is 1060 g/mol. The lowest BCUT2D eigenvalue weighted by molar-refractivity contribution is -0.167. The molecule has 0 aliphatic rings. The van der Waals surface area contributed by atoms with Crippen LogP contribution < -0.4 is 0 Å². The highest BCUT2D eigenvalue weighted by atomic mass is 16.6. The summed E-state index contributed by atoms with van der Waals surface area (Å²) in [5.41, 5.74) is 0. The third kappa shape index (κ3) is 61.4. The van der Waals surface area contributed by atoms with E-state index in [1.54, 1.807) is 0 Å². The molecular weight excluding hydrogens is 937 g/mol. The third-order valence-electron chi connectivity index (χ3n) is 14.1. The van der Waals surface area contributed by atoms with E-state index in [1.807, 2.05) is 0 Å². The van der Waals surface area contributed by atoms with Crippen molar-refractivity contribution < 1.29 is 28.6 Å². The largest absolute Gasteiger partial charge is 0.462 e. The number of unbranched alkanes of at least 4 members (excludes halogenated alkanes) is 34. The Labute approximate surface area is 471 Å². The minimum atomic E-state index is -0.778. The van der Waals surface area contributed by atoms with E-state index in [0.29, 0.717) is 19.3 Å². The average Bonchev–Trinajstić information content (AvgIpc) is 3.42. The van der Waals surface area contributed by atoms with Crippen LogP contribution in [0.3, 0.4) is 0 Å². The van der Waals surface area contributed by atoms with Gasteiger partial charge in [0.15, 0.2) is 6.10 Å². The van der Waals surface area contributed by atoms with E-state index < -0.39 is 6.10 Å². The molecule has 0 saturated heterocycles. The Morgan fingerprint density at radius 1 is 0.276 bits per heavy atom. The first kappa shape index (κ1) is 72.6. The minimum absolute atomic E-state index is 0.0762. The topological polar surface area (TPSA) is 78.9 Å². The molecule has 0 radical (unpaired) electrons. The summed E-state index contributed by atoms with van der Waals surface area (Å²) < 4.78 is 16.9. The number of hydrogen-bond acceptors (Lipinski definition) is 6. The maximum absolute atomic E-state index is 12.9. The Morgan fingerprint density at radius 2 is 0.513 bits per heavy atom. The average molecular weight is 1060 g/mol. The molecule has 0 aromatic heterocycles. The minimum Gasteiger partial charge on any atom is -0.462 e. The van der Waals surface area contributed by atoms with Crippen LogP contribution >= 0.6 is 0 Å². The van der Waals surface area contributed by atoms with Crippen molar-refractivity contribution in [2.75, 3.05) is 13.2 Å². The molecule has 6 nitrogen and oxygen atoms in total. The van der Waals surface area contributed by atoms with Gasteiger partial charge in [0.2, 0.25) is 0 Å². The van der Waals surface area contributed by atoms with Crippen LogP contribution in [0.2, 0.25) is 0 Å². The van der Waals surface area contributed by atoms with E-state index in [2.05, 4.69) is 106 Å². The van der Waals surface area contributed by atoms with Gasteiger partial charge in [0, 0.05) is 19.3 Å². The van der Waals surface area contributed by atoms with Crippen molar-refractivity contribution in [2.24, 2.45) is 0 Å². The molecule has 0 saturated carbocycles. The zero-order valence-electron chi connectivity index (χ0n) is 50.3. The van der Waals surface area contributed by atoms with E-state index in [4.69, 9.17) is 14.2 Å². The molecular formula is C70H122O6. The van der Waals surface area contributed by atoms with Gasteiger partial charge in [-0.05, 0) is 96.3 Å². The molecule has 0 bridgehead atoms. The summed E-state index contributed by atoms with van der Waals surface area (Å²) in [5, 5.41) is 0. The normalized spacial score (nSPS) is 12.6. The first-order valence-corrected chi connectivity index (χ1v) is 32.6. The Hall–Kier alpha value is -3.41. The summed E-state index contributed by atoms with van der Waals surface area (Å²) in [6.45, 7) is 6.53. The van der Waals surface area contributed by atoms with Gasteiger partial charge >= 0.3 is 17.9 Å². The SMILES string of the molecule is CC/C=C\C/C=C\C/C=C\C/C=C\C/C=C\C/C=C\CCCCCCCCCCCCCCC(=O)OCC(COC(=O)CCCCCCC/C=C\CCCCC)OC(=O)CCCCCCCCCCCCCCCCC. The molecule has 0 rings (SSSR count). The lowest BCUT2D eigenvalue weighted by Crippen LogP contribution is -2.30. The Kier molecular flexibility index (Phi) is 61.2. The number of ether oxygens (including phenoxy) is 3. The first-order valence-electron chi connectivity index (χ1n) is 32.6. The van der Waals surface area contributed by atoms with Crippen molar-refractivity contribution in [1.29, 1.82) is 0 Å². The van der Waals surface area contributed by atoms with Crippen LogP contribution in [-0.2, 0) is 28.6 Å². The van der Waals surface area contributed by atoms with Crippen LogP contribution in [0.25, 0.3) is 0 Å². The van der Waals surface area contributed by atoms with Gasteiger partial charge in [0.25, 0.3) is 0 Å². The number of rotatable bonds is 59. The second kappa shape index (κ2) is 64.1. The van der Waals surface area contributed by atoms with Crippen LogP contribution in [0.4, 0.5) is 0 Å². The van der Waals surface area contributed by atoms with Gasteiger partial charge in [-0.2, -0.15) is 0 Å². The van der Waals surface area contributed by atoms with Gasteiger partial charge in [-0.1, -0.05) is 292 Å². The summed E-state index contributed by atoms with van der Waals surface area (Å²) in [6.07, 6.45) is 84.5. The van der Waals surface area contributed by atoms with Crippen LogP contribution in [0.15, 0.2) is 85.1 Å². The maximum Gasteiger partial charge on any atom is 0.306 e. The number of carbonyl (C=O) groups excluding carboxylic acids is 3. The molecule has 438 valence electrons. The number of esters is 3. The molecule has 0 heterocycles. The summed E-state index contributed by atoms with van der Waals surface area (Å²) in [4.78, 5) is 38.2. The van der Waals surface area contributed by atoms with Gasteiger partial charge in [0.05, 0.1) is 0 Å². The van der Waals surface area contributed by atoms with Crippen molar-refractivity contribution >= 4 is 17.9 Å². The maximum atomic E-state index is 12.9. The summed E-state index contributed by atoms with van der Waals surface area (Å²) in [5.74, 6) is -0.873. The molecule has 76 heavy (non-hydrogen) atoms. The Balaban J connectivity index is 4.19. The highest BCUT2D eigenvalue weighted by Crippen LogP contribution is 2.17. The highest BCUT2D eigenvalue weighted by molar-refractivity contribution is 5.71. The fraction of sp³-hybridized carbons (Fsp3) is 0.757. The highest BCUT2D eigenvalue weighted by Gasteiger charge is 2.19. The predicted octanol–water partition coefficient (Wildman–Crippen LogP) is 22.3. The van der Waals surface area contributed by atoms with Crippen molar-refractivity contribution in [1.82, 2.24) is 0 Å². The second-order valence-corrected chi connectivity index (χ2v) is 21.6. The molecule has 0 amide bonds. The third-order valence-corrected chi connectivity index (χ3v) is 14.1. The summed E-state index contributed by atoms with van der Waals surface area (Å²) in [6, 6.07) is 0. The van der Waals surface area contributed by atoms with Gasteiger partial charge in [-0.3, -0.25) is 14.4 Å². The van der Waals surface area contributed by atoms with Crippen LogP contribution in [0, 0.1) is 0 Å². The van der Waals surface area contributed by atoms with Crippen LogP contribution in [0.1, 0.15) is 323 Å². The summed E-state index contributed by atoms with van der Waals surface area (Å²) in [7, 11) is 0. The zero-order valence-corrected chi connectivity index (χ0v) is 50.3. The molecule has 0 aromatic carbocycles. The van der Waals surface area contributed by atoms with Crippen LogP contribution in [-0.4, -0.2) is 37.2 Å². The molecule has 0 spiro atoms. The quantitative estimate of drug-likeness (QED) is 0.0261. The molecule has 0 aliphatic heterocycles. The van der Waals surface area contributed by atoms with Gasteiger partial charge in [-0.15, -0.1) is 0 Å². The fourth-order valence-electron chi connectivity index (χ4n) is 9.27. The number of allylic oxidation sites excluding steroid dienone is 14. The molecule has 0 aromatic rings. The first-order chi connectivity index (χ1) is 37.5. The molecule has 0 aliphatic carbocycles.